The molecule has 0 spiro atoms. The van der Waals surface area contributed by atoms with Gasteiger partial charge in [0.2, 0.25) is 0 Å². The summed E-state index contributed by atoms with van der Waals surface area (Å²) in [5, 5.41) is -2.76. The van der Waals surface area contributed by atoms with E-state index in [0.29, 0.717) is 13.2 Å². The van der Waals surface area contributed by atoms with Crippen molar-refractivity contribution >= 4 is 21.6 Å². The van der Waals surface area contributed by atoms with Gasteiger partial charge >= 0.3 is 10.6 Å². The van der Waals surface area contributed by atoms with E-state index in [1.807, 2.05) is 27.7 Å². The zero-order chi connectivity index (χ0) is 23.1. The molecule has 0 N–H and O–H groups in total. The van der Waals surface area contributed by atoms with Gasteiger partial charge in [-0.15, -0.1) is 0 Å². The Morgan fingerprint density at radius 1 is 0.500 bits per heavy atom. The molecule has 0 saturated carbocycles. The molecule has 0 aromatic rings. The second kappa shape index (κ2) is 6.99. The normalized spacial score (nSPS) is 59.6. The van der Waals surface area contributed by atoms with Crippen molar-refractivity contribution in [3.63, 3.8) is 0 Å². The number of hydrogen-bond donors (Lipinski definition) is 0. The molecule has 0 aromatic heterocycles. The Morgan fingerprint density at radius 2 is 0.941 bits per heavy atom. The Morgan fingerprint density at radius 3 is 1.38 bits per heavy atom. The van der Waals surface area contributed by atoms with Gasteiger partial charge in [0.15, 0.2) is 24.2 Å². The molecule has 0 aliphatic carbocycles. The van der Waals surface area contributed by atoms with Gasteiger partial charge in [-0.25, -0.2) is 0 Å². The van der Waals surface area contributed by atoms with Gasteiger partial charge in [-0.2, -0.15) is 0 Å². The monoisotopic (exact) mass is 522 g/mol. The lowest BCUT2D eigenvalue weighted by atomic mass is 10.1. The van der Waals surface area contributed by atoms with Crippen LogP contribution in [-0.2, 0) is 56.8 Å². The van der Waals surface area contributed by atoms with Crippen molar-refractivity contribution in [2.24, 2.45) is 0 Å². The van der Waals surface area contributed by atoms with E-state index in [0.717, 1.165) is 0 Å². The second-order valence-corrected chi connectivity index (χ2v) is 12.7. The number of rotatable bonds is 3. The lowest BCUT2D eigenvalue weighted by molar-refractivity contribution is -0.345. The Hall–Kier alpha value is 0.220. The lowest BCUT2D eigenvalue weighted by Gasteiger charge is -2.40. The third kappa shape index (κ3) is 3.19. The van der Waals surface area contributed by atoms with Crippen LogP contribution in [0.25, 0.3) is 0 Å². The van der Waals surface area contributed by atoms with Crippen LogP contribution in [0.5, 0.6) is 0 Å². The Bertz CT molecular complexity index is 822. The molecular weight excluding hydrogens is 496 g/mol. The highest BCUT2D eigenvalue weighted by Gasteiger charge is 2.69. The van der Waals surface area contributed by atoms with Crippen molar-refractivity contribution in [1.82, 2.24) is 0 Å². The van der Waals surface area contributed by atoms with Crippen LogP contribution in [0.4, 0.5) is 0 Å². The largest absolute Gasteiger partial charge is 0.349 e. The van der Waals surface area contributed by atoms with Crippen molar-refractivity contribution in [1.29, 1.82) is 0 Å². The summed E-state index contributed by atoms with van der Waals surface area (Å²) in [4.78, 5) is 0. The minimum absolute atomic E-state index is 0.310. The molecule has 8 aliphatic rings. The Labute approximate surface area is 203 Å². The predicted molar refractivity (Wildman–Crippen MR) is 109 cm³/mol. The van der Waals surface area contributed by atoms with Gasteiger partial charge in [-0.3, -0.25) is 0 Å². The molecule has 14 heteroatoms. The van der Waals surface area contributed by atoms with Gasteiger partial charge in [0.05, 0.1) is 13.2 Å². The summed E-state index contributed by atoms with van der Waals surface area (Å²) >= 11 is 0. The minimum atomic E-state index is -1.38. The zero-order valence-corrected chi connectivity index (χ0v) is 20.5. The fourth-order valence-electron chi connectivity index (χ4n) is 5.76. The summed E-state index contributed by atoms with van der Waals surface area (Å²) in [5.74, 6) is -1.49. The van der Waals surface area contributed by atoms with Crippen molar-refractivity contribution in [3.05, 3.63) is 0 Å². The van der Waals surface area contributed by atoms with Crippen molar-refractivity contribution in [2.45, 2.75) is 111 Å². The van der Waals surface area contributed by atoms with E-state index < -0.39 is 47.0 Å². The summed E-state index contributed by atoms with van der Waals surface area (Å²) in [7, 11) is 2.39. The average molecular weight is 523 g/mol. The Kier molecular flexibility index (Phi) is 4.57. The van der Waals surface area contributed by atoms with Gasteiger partial charge in [0, 0.05) is 21.6 Å². The molecule has 12 nitrogen and oxygen atoms in total. The van der Waals surface area contributed by atoms with Crippen LogP contribution in [0.2, 0.25) is 0 Å². The summed E-state index contributed by atoms with van der Waals surface area (Å²) in [5.41, 5.74) is 0. The van der Waals surface area contributed by atoms with E-state index in [1.165, 1.54) is 21.6 Å². The van der Waals surface area contributed by atoms with E-state index >= 15 is 0 Å². The third-order valence-corrected chi connectivity index (χ3v) is 9.62. The summed E-state index contributed by atoms with van der Waals surface area (Å²) in [6, 6.07) is 0. The molecular formula is C20H26O12S2. The molecule has 8 aliphatic heterocycles. The van der Waals surface area contributed by atoms with Gasteiger partial charge in [0.25, 0.3) is 0 Å². The van der Waals surface area contributed by atoms with Crippen molar-refractivity contribution < 1.29 is 56.8 Å². The lowest BCUT2D eigenvalue weighted by Crippen LogP contribution is -2.53. The predicted octanol–water partition coefficient (Wildman–Crippen LogP) is 0.972. The zero-order valence-electron chi connectivity index (χ0n) is 18.9. The van der Waals surface area contributed by atoms with Crippen molar-refractivity contribution in [2.75, 3.05) is 13.2 Å². The van der Waals surface area contributed by atoms with Crippen LogP contribution in [0, 0.1) is 0 Å². The molecule has 34 heavy (non-hydrogen) atoms. The SMILES string of the molecule is CC1(C)O[C@H]2O[C@H]3[C@@H](O[C@@]4(SS[C@@]56OC[C@@H](O5)[C@H]5O[C@H]7OC(C)(C)O[C@@H]7[C@@H]5O6)OC[C@@H]3O4)[C@@H]2O1. The fraction of sp³-hybridized carbons (Fsp3) is 1.00. The first-order valence-corrected chi connectivity index (χ1v) is 13.7. The maximum atomic E-state index is 6.31. The smallest absolute Gasteiger partial charge is 0.341 e. The van der Waals surface area contributed by atoms with E-state index in [2.05, 4.69) is 0 Å². The standard InChI is InChI=1S/C20H26O12S2/c1-17(2)27-13-11-9(23-15(13)31-17)7-5-21-19(25-7,29-11)33-34-20-22-6-8(26-20)10-12(30-20)14-16(24-10)32-18(3,4)28-14/h7-16H,5-6H2,1-4H3/t7-,8+,9-,10-,11-,12-,13-,14+,15+,16-,19+,20-/m1/s1. The van der Waals surface area contributed by atoms with E-state index in [1.54, 1.807) is 0 Å². The molecule has 8 fully saturated rings. The van der Waals surface area contributed by atoms with E-state index in [4.69, 9.17) is 56.8 Å². The van der Waals surface area contributed by atoms with E-state index in [-0.39, 0.29) is 36.6 Å². The molecule has 8 saturated heterocycles. The maximum absolute atomic E-state index is 6.31. The highest BCUT2D eigenvalue weighted by atomic mass is 33.1. The first-order chi connectivity index (χ1) is 16.1. The highest BCUT2D eigenvalue weighted by Crippen LogP contribution is 2.59. The van der Waals surface area contributed by atoms with Crippen LogP contribution >= 0.6 is 21.6 Å². The molecule has 0 aromatic carbocycles. The van der Waals surface area contributed by atoms with Gasteiger partial charge < -0.3 is 56.8 Å². The topological polar surface area (TPSA) is 111 Å². The van der Waals surface area contributed by atoms with Gasteiger partial charge in [-0.05, 0) is 27.7 Å². The number of fused-ring (bicyclic) bond motifs is 12. The second-order valence-electron chi connectivity index (χ2n) is 10.4. The molecule has 190 valence electrons. The molecule has 4 bridgehead atoms. The molecule has 8 rings (SSSR count). The van der Waals surface area contributed by atoms with Crippen LogP contribution in [-0.4, -0.2) is 96.8 Å². The van der Waals surface area contributed by atoms with Gasteiger partial charge in [0.1, 0.15) is 48.8 Å². The fourth-order valence-corrected chi connectivity index (χ4v) is 8.20. The molecule has 12 atom stereocenters. The number of hydrogen-bond acceptors (Lipinski definition) is 14. The summed E-state index contributed by atoms with van der Waals surface area (Å²) < 4.78 is 72.7. The van der Waals surface area contributed by atoms with Crippen molar-refractivity contribution in [3.8, 4) is 0 Å². The third-order valence-electron chi connectivity index (χ3n) is 7.03. The van der Waals surface area contributed by atoms with E-state index in [9.17, 15) is 0 Å². The minimum Gasteiger partial charge on any atom is -0.341 e. The van der Waals surface area contributed by atoms with Gasteiger partial charge in [-0.1, -0.05) is 0 Å². The highest BCUT2D eigenvalue weighted by molar-refractivity contribution is 8.77. The average Bonchev–Trinajstić information content (AvgIpc) is 3.55. The number of ether oxygens (including phenoxy) is 12. The first kappa shape index (κ1) is 22.2. The first-order valence-electron chi connectivity index (χ1n) is 11.5. The molecule has 8 heterocycles. The summed E-state index contributed by atoms with van der Waals surface area (Å²) in [6.45, 7) is 8.04. The molecule has 0 amide bonds. The van der Waals surface area contributed by atoms with Crippen LogP contribution in [0.15, 0.2) is 0 Å². The summed E-state index contributed by atoms with van der Waals surface area (Å²) in [6.07, 6.45) is -3.85. The van der Waals surface area contributed by atoms with Crippen LogP contribution in [0.1, 0.15) is 27.7 Å². The molecule has 0 radical (unpaired) electrons. The molecule has 0 unspecified atom stereocenters. The maximum Gasteiger partial charge on any atom is 0.349 e. The van der Waals surface area contributed by atoms with Crippen LogP contribution in [0.3, 0.4) is 0 Å². The van der Waals surface area contributed by atoms with Crippen LogP contribution < -0.4 is 0 Å². The Balaban J connectivity index is 0.987. The quantitative estimate of drug-likeness (QED) is 0.491.